The van der Waals surface area contributed by atoms with Gasteiger partial charge in [0, 0.05) is 17.3 Å². The van der Waals surface area contributed by atoms with E-state index in [-0.39, 0.29) is 11.3 Å². The van der Waals surface area contributed by atoms with Crippen molar-refractivity contribution in [2.45, 2.75) is 20.3 Å². The number of carbonyl (C=O) groups is 1. The first-order valence-electron chi connectivity index (χ1n) is 4.89. The molecule has 0 aliphatic carbocycles. The van der Waals surface area contributed by atoms with Crippen LogP contribution >= 0.6 is 0 Å². The molecule has 0 atom stereocenters. The van der Waals surface area contributed by atoms with Crippen molar-refractivity contribution in [1.29, 1.82) is 0 Å². The van der Waals surface area contributed by atoms with Gasteiger partial charge in [-0.05, 0) is 13.3 Å². The van der Waals surface area contributed by atoms with Gasteiger partial charge in [0.25, 0.3) is 5.56 Å². The number of aromatic amines is 1. The zero-order valence-corrected chi connectivity index (χ0v) is 8.94. The zero-order valence-electron chi connectivity index (χ0n) is 8.94. The van der Waals surface area contributed by atoms with Crippen LogP contribution in [-0.4, -0.2) is 25.7 Å². The summed E-state index contributed by atoms with van der Waals surface area (Å²) < 4.78 is 1.45. The van der Waals surface area contributed by atoms with Crippen molar-refractivity contribution in [2.75, 3.05) is 0 Å². The molecule has 2 aromatic rings. The summed E-state index contributed by atoms with van der Waals surface area (Å²) in [5.74, 6) is -1.11. The van der Waals surface area contributed by atoms with Crippen molar-refractivity contribution < 1.29 is 9.90 Å². The lowest BCUT2D eigenvalue weighted by Crippen LogP contribution is -2.17. The van der Waals surface area contributed by atoms with Crippen LogP contribution in [0, 0.1) is 6.92 Å². The molecule has 2 aromatic heterocycles. The van der Waals surface area contributed by atoms with E-state index in [1.165, 1.54) is 10.6 Å². The minimum absolute atomic E-state index is 0.0768. The van der Waals surface area contributed by atoms with Gasteiger partial charge in [-0.2, -0.15) is 5.10 Å². The van der Waals surface area contributed by atoms with Crippen molar-refractivity contribution in [1.82, 2.24) is 14.6 Å². The molecule has 0 aromatic carbocycles. The molecular weight excluding hydrogens is 210 g/mol. The number of aryl methyl sites for hydroxylation is 1. The standard InChI is InChI=1S/C10H11N3O3/c1-3-6-5(2)13-8(11-9(6)14)4-7(12-13)10(15)16/h4H,3H2,1-2H3,(H,11,14)(H,15,16). The van der Waals surface area contributed by atoms with E-state index >= 15 is 0 Å². The second kappa shape index (κ2) is 3.48. The molecule has 2 N–H and O–H groups in total. The third kappa shape index (κ3) is 1.39. The third-order valence-electron chi connectivity index (χ3n) is 2.55. The summed E-state index contributed by atoms with van der Waals surface area (Å²) in [5, 5.41) is 12.7. The maximum absolute atomic E-state index is 11.6. The largest absolute Gasteiger partial charge is 0.476 e. The first-order valence-corrected chi connectivity index (χ1v) is 4.89. The van der Waals surface area contributed by atoms with E-state index in [9.17, 15) is 9.59 Å². The quantitative estimate of drug-likeness (QED) is 0.777. The number of nitrogens with one attached hydrogen (secondary N) is 1. The molecule has 0 saturated carbocycles. The number of hydrogen-bond donors (Lipinski definition) is 2. The van der Waals surface area contributed by atoms with E-state index in [2.05, 4.69) is 10.1 Å². The van der Waals surface area contributed by atoms with Crippen molar-refractivity contribution >= 4 is 11.6 Å². The predicted molar refractivity (Wildman–Crippen MR) is 56.9 cm³/mol. The monoisotopic (exact) mass is 221 g/mol. The summed E-state index contributed by atoms with van der Waals surface area (Å²) in [5.41, 5.74) is 1.43. The number of H-pyrrole nitrogens is 1. The topological polar surface area (TPSA) is 87.5 Å². The highest BCUT2D eigenvalue weighted by Gasteiger charge is 2.13. The number of aromatic carboxylic acids is 1. The Morgan fingerprint density at radius 1 is 1.62 bits per heavy atom. The lowest BCUT2D eigenvalue weighted by molar-refractivity contribution is 0.0690. The van der Waals surface area contributed by atoms with Crippen molar-refractivity contribution in [3.05, 3.63) is 33.4 Å². The van der Waals surface area contributed by atoms with E-state index in [0.717, 1.165) is 0 Å². The second-order valence-corrected chi connectivity index (χ2v) is 3.50. The molecule has 0 radical (unpaired) electrons. The van der Waals surface area contributed by atoms with Gasteiger partial charge in [0.1, 0.15) is 5.65 Å². The minimum atomic E-state index is -1.11. The van der Waals surface area contributed by atoms with Gasteiger partial charge in [-0.15, -0.1) is 0 Å². The van der Waals surface area contributed by atoms with Crippen LogP contribution in [0.3, 0.4) is 0 Å². The number of rotatable bonds is 2. The molecule has 0 aliphatic rings. The van der Waals surface area contributed by atoms with Gasteiger partial charge in [0.15, 0.2) is 5.69 Å². The Balaban J connectivity index is 2.83. The molecule has 0 unspecified atom stereocenters. The Morgan fingerprint density at radius 2 is 2.31 bits per heavy atom. The fraction of sp³-hybridized carbons (Fsp3) is 0.300. The van der Waals surface area contributed by atoms with Crippen LogP contribution in [0.4, 0.5) is 0 Å². The van der Waals surface area contributed by atoms with Crippen LogP contribution in [0.15, 0.2) is 10.9 Å². The van der Waals surface area contributed by atoms with Crippen molar-refractivity contribution in [2.24, 2.45) is 0 Å². The van der Waals surface area contributed by atoms with E-state index in [0.29, 0.717) is 23.3 Å². The summed E-state index contributed by atoms with van der Waals surface area (Å²) >= 11 is 0. The van der Waals surface area contributed by atoms with Gasteiger partial charge >= 0.3 is 5.97 Å². The maximum atomic E-state index is 11.6. The summed E-state index contributed by atoms with van der Waals surface area (Å²) in [4.78, 5) is 25.0. The molecule has 84 valence electrons. The molecule has 2 heterocycles. The Labute approximate surface area is 90.5 Å². The van der Waals surface area contributed by atoms with E-state index in [4.69, 9.17) is 5.11 Å². The fourth-order valence-corrected chi connectivity index (χ4v) is 1.73. The summed E-state index contributed by atoms with van der Waals surface area (Å²) in [7, 11) is 0. The SMILES string of the molecule is CCc1c(C)n2nc(C(=O)O)cc2[nH]c1=O. The Bertz CT molecular complexity index is 624. The molecule has 16 heavy (non-hydrogen) atoms. The van der Waals surface area contributed by atoms with Crippen LogP contribution in [0.1, 0.15) is 28.7 Å². The van der Waals surface area contributed by atoms with Gasteiger partial charge in [-0.1, -0.05) is 6.92 Å². The maximum Gasteiger partial charge on any atom is 0.356 e. The van der Waals surface area contributed by atoms with Crippen LogP contribution < -0.4 is 5.56 Å². The van der Waals surface area contributed by atoms with Crippen molar-refractivity contribution in [3.63, 3.8) is 0 Å². The van der Waals surface area contributed by atoms with E-state index in [1.54, 1.807) is 6.92 Å². The molecule has 2 rings (SSSR count). The molecule has 0 spiro atoms. The highest BCUT2D eigenvalue weighted by atomic mass is 16.4. The molecule has 0 fully saturated rings. The van der Waals surface area contributed by atoms with Gasteiger partial charge in [0.2, 0.25) is 0 Å². The molecule has 0 saturated heterocycles. The Hall–Kier alpha value is -2.11. The molecule has 0 amide bonds. The van der Waals surface area contributed by atoms with Crippen LogP contribution in [0.25, 0.3) is 5.65 Å². The van der Waals surface area contributed by atoms with Gasteiger partial charge < -0.3 is 10.1 Å². The number of fused-ring (bicyclic) bond motifs is 1. The number of carboxylic acids is 1. The lowest BCUT2D eigenvalue weighted by Gasteiger charge is -2.03. The molecular formula is C10H11N3O3. The average Bonchev–Trinajstić information content (AvgIpc) is 2.62. The normalized spacial score (nSPS) is 10.9. The number of carboxylic acid groups (broad SMARTS) is 1. The predicted octanol–water partition coefficient (Wildman–Crippen LogP) is 0.592. The third-order valence-corrected chi connectivity index (χ3v) is 2.55. The summed E-state index contributed by atoms with van der Waals surface area (Å²) in [6.45, 7) is 3.62. The number of hydrogen-bond acceptors (Lipinski definition) is 3. The molecule has 6 nitrogen and oxygen atoms in total. The van der Waals surface area contributed by atoms with Crippen LogP contribution in [0.5, 0.6) is 0 Å². The number of aromatic nitrogens is 3. The number of nitrogens with zero attached hydrogens (tertiary/aromatic N) is 2. The lowest BCUT2D eigenvalue weighted by atomic mass is 10.2. The van der Waals surface area contributed by atoms with Crippen molar-refractivity contribution in [3.8, 4) is 0 Å². The summed E-state index contributed by atoms with van der Waals surface area (Å²) in [6.07, 6.45) is 0.583. The average molecular weight is 221 g/mol. The van der Waals surface area contributed by atoms with Gasteiger partial charge in [-0.3, -0.25) is 4.79 Å². The van der Waals surface area contributed by atoms with Crippen LogP contribution in [0.2, 0.25) is 0 Å². The highest BCUT2D eigenvalue weighted by Crippen LogP contribution is 2.08. The zero-order chi connectivity index (χ0) is 11.9. The molecule has 0 bridgehead atoms. The first kappa shape index (κ1) is 10.4. The fourth-order valence-electron chi connectivity index (χ4n) is 1.73. The van der Waals surface area contributed by atoms with E-state index < -0.39 is 5.97 Å². The second-order valence-electron chi connectivity index (χ2n) is 3.50. The molecule has 0 aliphatic heterocycles. The Morgan fingerprint density at radius 3 is 2.88 bits per heavy atom. The highest BCUT2D eigenvalue weighted by molar-refractivity contribution is 5.86. The Kier molecular flexibility index (Phi) is 2.26. The van der Waals surface area contributed by atoms with E-state index in [1.807, 2.05) is 6.92 Å². The summed E-state index contributed by atoms with van der Waals surface area (Å²) in [6, 6.07) is 1.34. The first-order chi connectivity index (χ1) is 7.54. The smallest absolute Gasteiger partial charge is 0.356 e. The minimum Gasteiger partial charge on any atom is -0.476 e. The molecule has 6 heteroatoms. The van der Waals surface area contributed by atoms with Gasteiger partial charge in [-0.25, -0.2) is 9.31 Å². The van der Waals surface area contributed by atoms with Gasteiger partial charge in [0.05, 0.1) is 0 Å². The van der Waals surface area contributed by atoms with Crippen LogP contribution in [-0.2, 0) is 6.42 Å².